The molecule has 0 aliphatic heterocycles. The lowest BCUT2D eigenvalue weighted by atomic mass is 9.86. The van der Waals surface area contributed by atoms with Gasteiger partial charge in [0.05, 0.1) is 5.69 Å². The van der Waals surface area contributed by atoms with Gasteiger partial charge >= 0.3 is 0 Å². The van der Waals surface area contributed by atoms with Crippen molar-refractivity contribution in [2.45, 2.75) is 46.0 Å². The van der Waals surface area contributed by atoms with E-state index in [9.17, 15) is 0 Å². The van der Waals surface area contributed by atoms with Gasteiger partial charge in [0.1, 0.15) is 5.52 Å². The third-order valence-corrected chi connectivity index (χ3v) is 2.89. The summed E-state index contributed by atoms with van der Waals surface area (Å²) < 4.78 is 5.67. The Hall–Kier alpha value is -1.51. The SMILES string of the molecule is CCCc1nc2cc(C(C)(C)C)cc(N)c2o1. The molecule has 0 radical (unpaired) electrons. The summed E-state index contributed by atoms with van der Waals surface area (Å²) in [5.41, 5.74) is 9.58. The first-order valence-electron chi connectivity index (χ1n) is 6.11. The Morgan fingerprint density at radius 2 is 2.00 bits per heavy atom. The normalized spacial score (nSPS) is 12.2. The van der Waals surface area contributed by atoms with Gasteiger partial charge in [-0.2, -0.15) is 0 Å². The van der Waals surface area contributed by atoms with Crippen LogP contribution >= 0.6 is 0 Å². The van der Waals surface area contributed by atoms with E-state index in [0.29, 0.717) is 5.69 Å². The van der Waals surface area contributed by atoms with E-state index < -0.39 is 0 Å². The molecule has 1 aromatic heterocycles. The molecule has 0 fully saturated rings. The average Bonchev–Trinajstić information content (AvgIpc) is 2.60. The molecule has 1 aromatic carbocycles. The minimum Gasteiger partial charge on any atom is -0.439 e. The van der Waals surface area contributed by atoms with Gasteiger partial charge in [-0.05, 0) is 29.5 Å². The summed E-state index contributed by atoms with van der Waals surface area (Å²) in [7, 11) is 0. The number of hydrogen-bond donors (Lipinski definition) is 1. The van der Waals surface area contributed by atoms with E-state index in [1.807, 2.05) is 6.07 Å². The summed E-state index contributed by atoms with van der Waals surface area (Å²) in [6, 6.07) is 4.07. The van der Waals surface area contributed by atoms with Crippen LogP contribution in [0.2, 0.25) is 0 Å². The molecular weight excluding hydrogens is 212 g/mol. The fraction of sp³-hybridized carbons (Fsp3) is 0.500. The number of nitrogen functional groups attached to an aromatic ring is 1. The van der Waals surface area contributed by atoms with Gasteiger partial charge in [0.15, 0.2) is 11.5 Å². The summed E-state index contributed by atoms with van der Waals surface area (Å²) in [6.45, 7) is 8.61. The zero-order valence-corrected chi connectivity index (χ0v) is 11.0. The lowest BCUT2D eigenvalue weighted by Crippen LogP contribution is -2.11. The molecule has 92 valence electrons. The van der Waals surface area contributed by atoms with E-state index in [4.69, 9.17) is 10.2 Å². The number of hydrogen-bond acceptors (Lipinski definition) is 3. The van der Waals surface area contributed by atoms with Gasteiger partial charge in [-0.1, -0.05) is 27.7 Å². The number of nitrogens with zero attached hydrogens (tertiary/aromatic N) is 1. The molecule has 0 aliphatic carbocycles. The van der Waals surface area contributed by atoms with Crippen LogP contribution in [-0.4, -0.2) is 4.98 Å². The third-order valence-electron chi connectivity index (χ3n) is 2.89. The Morgan fingerprint density at radius 1 is 1.29 bits per heavy atom. The maximum Gasteiger partial charge on any atom is 0.195 e. The van der Waals surface area contributed by atoms with Crippen LogP contribution in [0.3, 0.4) is 0 Å². The maximum atomic E-state index is 6.03. The van der Waals surface area contributed by atoms with Crippen molar-refractivity contribution < 1.29 is 4.42 Å². The second-order valence-corrected chi connectivity index (χ2v) is 5.52. The molecular formula is C14H20N2O. The summed E-state index contributed by atoms with van der Waals surface area (Å²) in [5, 5.41) is 0. The van der Waals surface area contributed by atoms with E-state index in [2.05, 4.69) is 38.7 Å². The van der Waals surface area contributed by atoms with Crippen molar-refractivity contribution in [2.75, 3.05) is 5.73 Å². The van der Waals surface area contributed by atoms with Crippen molar-refractivity contribution in [3.63, 3.8) is 0 Å². The Kier molecular flexibility index (Phi) is 2.86. The van der Waals surface area contributed by atoms with Crippen LogP contribution in [0.5, 0.6) is 0 Å². The van der Waals surface area contributed by atoms with E-state index in [-0.39, 0.29) is 5.41 Å². The van der Waals surface area contributed by atoms with Crippen molar-refractivity contribution in [3.05, 3.63) is 23.6 Å². The molecule has 17 heavy (non-hydrogen) atoms. The second-order valence-electron chi connectivity index (χ2n) is 5.52. The number of benzene rings is 1. The van der Waals surface area contributed by atoms with Crippen LogP contribution in [0.4, 0.5) is 5.69 Å². The van der Waals surface area contributed by atoms with Gasteiger partial charge in [-0.15, -0.1) is 0 Å². The summed E-state index contributed by atoms with van der Waals surface area (Å²) in [4.78, 5) is 4.49. The Labute approximate surface area is 102 Å². The van der Waals surface area contributed by atoms with Crippen LogP contribution in [0.1, 0.15) is 45.6 Å². The summed E-state index contributed by atoms with van der Waals surface area (Å²) in [6.07, 6.45) is 1.89. The molecule has 0 saturated carbocycles. The number of anilines is 1. The molecule has 0 saturated heterocycles. The summed E-state index contributed by atoms with van der Waals surface area (Å²) in [5.74, 6) is 0.778. The molecule has 2 aromatic rings. The lowest BCUT2D eigenvalue weighted by molar-refractivity contribution is 0.526. The zero-order valence-electron chi connectivity index (χ0n) is 11.0. The number of oxazole rings is 1. The molecule has 3 nitrogen and oxygen atoms in total. The molecule has 0 aliphatic rings. The van der Waals surface area contributed by atoms with Crippen LogP contribution in [0.15, 0.2) is 16.5 Å². The number of fused-ring (bicyclic) bond motifs is 1. The predicted octanol–water partition coefficient (Wildman–Crippen LogP) is 3.66. The monoisotopic (exact) mass is 232 g/mol. The highest BCUT2D eigenvalue weighted by atomic mass is 16.3. The van der Waals surface area contributed by atoms with Gasteiger partial charge in [0.25, 0.3) is 0 Å². The molecule has 2 rings (SSSR count). The van der Waals surface area contributed by atoms with Crippen molar-refractivity contribution >= 4 is 16.8 Å². The Bertz CT molecular complexity index is 535. The molecule has 3 heteroatoms. The minimum atomic E-state index is 0.0756. The van der Waals surface area contributed by atoms with Gasteiger partial charge in [0.2, 0.25) is 0 Å². The van der Waals surface area contributed by atoms with E-state index in [0.717, 1.165) is 29.8 Å². The average molecular weight is 232 g/mol. The summed E-state index contributed by atoms with van der Waals surface area (Å²) >= 11 is 0. The first-order chi connectivity index (χ1) is 7.91. The van der Waals surface area contributed by atoms with E-state index >= 15 is 0 Å². The minimum absolute atomic E-state index is 0.0756. The second kappa shape index (κ2) is 4.06. The highest BCUT2D eigenvalue weighted by Crippen LogP contribution is 2.30. The standard InChI is InChI=1S/C14H20N2O/c1-5-6-12-16-11-8-9(14(2,3)4)7-10(15)13(11)17-12/h7-8H,5-6,15H2,1-4H3. The maximum absolute atomic E-state index is 6.03. The highest BCUT2D eigenvalue weighted by molar-refractivity contribution is 5.86. The van der Waals surface area contributed by atoms with Gasteiger partial charge < -0.3 is 10.2 Å². The molecule has 0 unspecified atom stereocenters. The van der Waals surface area contributed by atoms with Gasteiger partial charge in [0, 0.05) is 6.42 Å². The van der Waals surface area contributed by atoms with Gasteiger partial charge in [-0.25, -0.2) is 4.98 Å². The van der Waals surface area contributed by atoms with Crippen LogP contribution < -0.4 is 5.73 Å². The Morgan fingerprint density at radius 3 is 2.59 bits per heavy atom. The third kappa shape index (κ3) is 2.28. The lowest BCUT2D eigenvalue weighted by Gasteiger charge is -2.19. The first kappa shape index (κ1) is 12.0. The van der Waals surface area contributed by atoms with E-state index in [1.165, 1.54) is 5.56 Å². The smallest absolute Gasteiger partial charge is 0.195 e. The molecule has 0 spiro atoms. The van der Waals surface area contributed by atoms with Crippen LogP contribution in [-0.2, 0) is 11.8 Å². The van der Waals surface area contributed by atoms with Crippen molar-refractivity contribution in [1.29, 1.82) is 0 Å². The fourth-order valence-corrected chi connectivity index (χ4v) is 1.86. The predicted molar refractivity (Wildman–Crippen MR) is 71.1 cm³/mol. The fourth-order valence-electron chi connectivity index (χ4n) is 1.86. The number of aromatic nitrogens is 1. The van der Waals surface area contributed by atoms with Crippen LogP contribution in [0.25, 0.3) is 11.1 Å². The number of nitrogens with two attached hydrogens (primary N) is 1. The Balaban J connectivity index is 2.57. The molecule has 2 N–H and O–H groups in total. The molecule has 0 bridgehead atoms. The number of aryl methyl sites for hydroxylation is 1. The van der Waals surface area contributed by atoms with Gasteiger partial charge in [-0.3, -0.25) is 0 Å². The zero-order chi connectivity index (χ0) is 12.6. The van der Waals surface area contributed by atoms with Crippen molar-refractivity contribution in [3.8, 4) is 0 Å². The molecule has 1 heterocycles. The van der Waals surface area contributed by atoms with Crippen LogP contribution in [0, 0.1) is 0 Å². The van der Waals surface area contributed by atoms with E-state index in [1.54, 1.807) is 0 Å². The highest BCUT2D eigenvalue weighted by Gasteiger charge is 2.17. The van der Waals surface area contributed by atoms with Crippen molar-refractivity contribution in [1.82, 2.24) is 4.98 Å². The first-order valence-corrected chi connectivity index (χ1v) is 6.11. The molecule has 0 amide bonds. The molecule has 0 atom stereocenters. The quantitative estimate of drug-likeness (QED) is 0.804. The largest absolute Gasteiger partial charge is 0.439 e. The van der Waals surface area contributed by atoms with Crippen molar-refractivity contribution in [2.24, 2.45) is 0 Å². The number of rotatable bonds is 2. The topological polar surface area (TPSA) is 52.0 Å².